The number of anilines is 1. The molecule has 1 aliphatic rings. The zero-order valence-corrected chi connectivity index (χ0v) is 12.7. The van der Waals surface area contributed by atoms with Crippen molar-refractivity contribution in [2.45, 2.75) is 6.92 Å². The number of carbonyl (C=O) groups is 2. The van der Waals surface area contributed by atoms with Crippen LogP contribution in [0.5, 0.6) is 0 Å². The smallest absolute Gasteiger partial charge is 0.268 e. The highest BCUT2D eigenvalue weighted by molar-refractivity contribution is 6.60. The molecule has 1 heterocycles. The lowest BCUT2D eigenvalue weighted by atomic mass is 10.0. The maximum absolute atomic E-state index is 13.4. The molecular formula is C17H10ClF2NO2. The van der Waals surface area contributed by atoms with Gasteiger partial charge in [-0.2, -0.15) is 0 Å². The van der Waals surface area contributed by atoms with E-state index in [0.29, 0.717) is 5.56 Å². The highest BCUT2D eigenvalue weighted by Gasteiger charge is 2.39. The number of aryl methyl sites for hydroxylation is 1. The van der Waals surface area contributed by atoms with Crippen LogP contribution < -0.4 is 4.90 Å². The van der Waals surface area contributed by atoms with Gasteiger partial charge in [-0.1, -0.05) is 41.4 Å². The number of imide groups is 1. The number of carbonyl (C=O) groups excluding carboxylic acids is 2. The summed E-state index contributed by atoms with van der Waals surface area (Å²) >= 11 is 6.01. The van der Waals surface area contributed by atoms with Gasteiger partial charge in [-0.15, -0.1) is 0 Å². The Hall–Kier alpha value is -2.53. The summed E-state index contributed by atoms with van der Waals surface area (Å²) in [5, 5.41) is -0.247. The van der Waals surface area contributed by atoms with Crippen LogP contribution in [0.4, 0.5) is 14.5 Å². The normalized spacial score (nSPS) is 14.9. The largest absolute Gasteiger partial charge is 0.277 e. The number of halogens is 3. The molecular weight excluding hydrogens is 324 g/mol. The van der Waals surface area contributed by atoms with E-state index >= 15 is 0 Å². The maximum Gasteiger partial charge on any atom is 0.277 e. The molecule has 2 amide bonds. The molecule has 0 saturated heterocycles. The van der Waals surface area contributed by atoms with Crippen LogP contribution in [0.1, 0.15) is 11.1 Å². The van der Waals surface area contributed by atoms with Gasteiger partial charge in [-0.05, 0) is 24.6 Å². The average molecular weight is 334 g/mol. The van der Waals surface area contributed by atoms with E-state index in [1.807, 2.05) is 6.92 Å². The van der Waals surface area contributed by atoms with Crippen LogP contribution in [0.15, 0.2) is 47.5 Å². The second-order valence-corrected chi connectivity index (χ2v) is 5.48. The van der Waals surface area contributed by atoms with Crippen LogP contribution >= 0.6 is 11.6 Å². The fraction of sp³-hybridized carbons (Fsp3) is 0.0588. The van der Waals surface area contributed by atoms with Gasteiger partial charge in [0.05, 0.1) is 11.3 Å². The van der Waals surface area contributed by atoms with Crippen molar-refractivity contribution in [3.05, 3.63) is 70.3 Å². The average Bonchev–Trinajstić information content (AvgIpc) is 2.74. The van der Waals surface area contributed by atoms with Crippen molar-refractivity contribution in [1.82, 2.24) is 0 Å². The van der Waals surface area contributed by atoms with E-state index in [4.69, 9.17) is 11.6 Å². The van der Waals surface area contributed by atoms with E-state index < -0.39 is 23.4 Å². The third kappa shape index (κ3) is 2.53. The topological polar surface area (TPSA) is 37.4 Å². The molecule has 0 atom stereocenters. The summed E-state index contributed by atoms with van der Waals surface area (Å²) in [5.74, 6) is -3.65. The Morgan fingerprint density at radius 2 is 1.57 bits per heavy atom. The number of rotatable bonds is 2. The van der Waals surface area contributed by atoms with Crippen LogP contribution in [0.2, 0.25) is 0 Å². The Balaban J connectivity index is 2.05. The van der Waals surface area contributed by atoms with E-state index in [2.05, 4.69) is 0 Å². The van der Waals surface area contributed by atoms with Gasteiger partial charge in [-0.25, -0.2) is 13.7 Å². The number of amides is 2. The monoisotopic (exact) mass is 333 g/mol. The van der Waals surface area contributed by atoms with E-state index in [1.54, 1.807) is 24.3 Å². The van der Waals surface area contributed by atoms with Crippen molar-refractivity contribution in [1.29, 1.82) is 0 Å². The van der Waals surface area contributed by atoms with Crippen molar-refractivity contribution < 1.29 is 18.4 Å². The SMILES string of the molecule is Cc1ccc(C2=C(Cl)C(=O)N(c3ccc(F)c(F)c3)C2=O)cc1. The first-order valence-corrected chi connectivity index (χ1v) is 7.08. The van der Waals surface area contributed by atoms with Crippen LogP contribution in [0.25, 0.3) is 5.57 Å². The molecule has 6 heteroatoms. The molecule has 0 saturated carbocycles. The highest BCUT2D eigenvalue weighted by atomic mass is 35.5. The standard InChI is InChI=1S/C17H10ClF2NO2/c1-9-2-4-10(5-3-9)14-15(18)17(23)21(16(14)22)11-6-7-12(19)13(20)8-11/h2-8H,1H3. The zero-order chi connectivity index (χ0) is 16.7. The molecule has 0 N–H and O–H groups in total. The number of benzene rings is 2. The molecule has 0 radical (unpaired) electrons. The third-order valence-corrected chi connectivity index (χ3v) is 3.88. The number of nitrogens with zero attached hydrogens (tertiary/aromatic N) is 1. The summed E-state index contributed by atoms with van der Waals surface area (Å²) in [5.41, 5.74) is 1.45. The molecule has 3 nitrogen and oxygen atoms in total. The van der Waals surface area contributed by atoms with Crippen LogP contribution in [0.3, 0.4) is 0 Å². The summed E-state index contributed by atoms with van der Waals surface area (Å²) < 4.78 is 26.4. The minimum Gasteiger partial charge on any atom is -0.268 e. The van der Waals surface area contributed by atoms with Gasteiger partial charge in [0.15, 0.2) is 11.6 Å². The van der Waals surface area contributed by atoms with E-state index in [9.17, 15) is 18.4 Å². The maximum atomic E-state index is 13.4. The molecule has 0 bridgehead atoms. The molecule has 0 fully saturated rings. The van der Waals surface area contributed by atoms with Crippen LogP contribution in [-0.4, -0.2) is 11.8 Å². The molecule has 0 aliphatic carbocycles. The summed E-state index contributed by atoms with van der Waals surface area (Å²) in [7, 11) is 0. The lowest BCUT2D eigenvalue weighted by molar-refractivity contribution is -0.119. The molecule has 0 spiro atoms. The van der Waals surface area contributed by atoms with Gasteiger partial charge in [0.25, 0.3) is 11.8 Å². The van der Waals surface area contributed by atoms with Gasteiger partial charge in [-0.3, -0.25) is 9.59 Å². The molecule has 0 aromatic heterocycles. The zero-order valence-electron chi connectivity index (χ0n) is 11.9. The first-order chi connectivity index (χ1) is 10.9. The highest BCUT2D eigenvalue weighted by Crippen LogP contribution is 2.35. The predicted molar refractivity (Wildman–Crippen MR) is 82.8 cm³/mol. The third-order valence-electron chi connectivity index (χ3n) is 3.53. The Kier molecular flexibility index (Phi) is 3.74. The fourth-order valence-electron chi connectivity index (χ4n) is 2.33. The molecule has 116 valence electrons. The fourth-order valence-corrected chi connectivity index (χ4v) is 2.61. The minimum atomic E-state index is -1.15. The van der Waals surface area contributed by atoms with Crippen LogP contribution in [0, 0.1) is 18.6 Å². The predicted octanol–water partition coefficient (Wildman–Crippen LogP) is 3.80. The molecule has 1 aliphatic heterocycles. The van der Waals surface area contributed by atoms with Crippen molar-refractivity contribution in [2.75, 3.05) is 4.90 Å². The van der Waals surface area contributed by atoms with Gasteiger partial charge in [0, 0.05) is 6.07 Å². The number of hydrogen-bond donors (Lipinski definition) is 0. The van der Waals surface area contributed by atoms with Crippen molar-refractivity contribution in [2.24, 2.45) is 0 Å². The molecule has 2 aromatic rings. The molecule has 3 rings (SSSR count). The van der Waals surface area contributed by atoms with E-state index in [1.165, 1.54) is 0 Å². The Morgan fingerprint density at radius 3 is 2.17 bits per heavy atom. The summed E-state index contributed by atoms with van der Waals surface area (Å²) in [6, 6.07) is 9.70. The first kappa shape index (κ1) is 15.4. The second-order valence-electron chi connectivity index (χ2n) is 5.10. The minimum absolute atomic E-state index is 0.0430. The van der Waals surface area contributed by atoms with Crippen molar-refractivity contribution in [3.8, 4) is 0 Å². The number of hydrogen-bond acceptors (Lipinski definition) is 2. The molecule has 23 heavy (non-hydrogen) atoms. The Morgan fingerprint density at radius 1 is 0.913 bits per heavy atom. The van der Waals surface area contributed by atoms with Gasteiger partial charge in [0.2, 0.25) is 0 Å². The quantitative estimate of drug-likeness (QED) is 0.784. The van der Waals surface area contributed by atoms with Gasteiger partial charge in [0.1, 0.15) is 5.03 Å². The molecule has 2 aromatic carbocycles. The Bertz CT molecular complexity index is 859. The van der Waals surface area contributed by atoms with Crippen molar-refractivity contribution >= 4 is 34.7 Å². The van der Waals surface area contributed by atoms with Crippen molar-refractivity contribution in [3.63, 3.8) is 0 Å². The van der Waals surface area contributed by atoms with E-state index in [-0.39, 0.29) is 16.3 Å². The van der Waals surface area contributed by atoms with Gasteiger partial charge >= 0.3 is 0 Å². The first-order valence-electron chi connectivity index (χ1n) is 6.71. The second kappa shape index (κ2) is 5.59. The molecule has 0 unspecified atom stereocenters. The van der Waals surface area contributed by atoms with E-state index in [0.717, 1.165) is 28.7 Å². The van der Waals surface area contributed by atoms with Gasteiger partial charge < -0.3 is 0 Å². The summed E-state index contributed by atoms with van der Waals surface area (Å²) in [6.45, 7) is 1.88. The Labute approximate surface area is 135 Å². The lowest BCUT2D eigenvalue weighted by Crippen LogP contribution is -2.31. The summed E-state index contributed by atoms with van der Waals surface area (Å²) in [6.07, 6.45) is 0. The van der Waals surface area contributed by atoms with Crippen LogP contribution in [-0.2, 0) is 9.59 Å². The lowest BCUT2D eigenvalue weighted by Gasteiger charge is -2.15. The summed E-state index contributed by atoms with van der Waals surface area (Å²) in [4.78, 5) is 25.6.